The minimum Gasteiger partial charge on any atom is -0.496 e. The van der Waals surface area contributed by atoms with E-state index >= 15 is 0 Å². The zero-order valence-electron chi connectivity index (χ0n) is 19.9. The van der Waals surface area contributed by atoms with Gasteiger partial charge in [-0.25, -0.2) is 4.98 Å². The van der Waals surface area contributed by atoms with Gasteiger partial charge in [-0.15, -0.1) is 0 Å². The molecule has 3 heterocycles. The second-order valence-corrected chi connectivity index (χ2v) is 9.00. The normalized spacial score (nSPS) is 17.7. The van der Waals surface area contributed by atoms with E-state index in [1.54, 1.807) is 26.6 Å². The summed E-state index contributed by atoms with van der Waals surface area (Å²) >= 11 is 6.75. The summed E-state index contributed by atoms with van der Waals surface area (Å²) in [5.74, 6) is 2.00. The lowest BCUT2D eigenvalue weighted by Crippen LogP contribution is -2.45. The quantitative estimate of drug-likeness (QED) is 0.513. The zero-order chi connectivity index (χ0) is 24.4. The number of fused-ring (bicyclic) bond motifs is 1. The predicted octanol–water partition coefficient (Wildman–Crippen LogP) is 4.41. The molecule has 34 heavy (non-hydrogen) atoms. The average Bonchev–Trinajstić information content (AvgIpc) is 3.23. The Morgan fingerprint density at radius 2 is 1.74 bits per heavy atom. The summed E-state index contributed by atoms with van der Waals surface area (Å²) in [6, 6.07) is 5.55. The molecule has 1 amide bonds. The molecule has 2 atom stereocenters. The lowest BCUT2D eigenvalue weighted by Gasteiger charge is -2.21. The topological polar surface area (TPSA) is 94.6 Å². The summed E-state index contributed by atoms with van der Waals surface area (Å²) in [6.45, 7) is 6.65. The van der Waals surface area contributed by atoms with Crippen molar-refractivity contribution in [2.75, 3.05) is 32.8 Å². The number of anilines is 1. The van der Waals surface area contributed by atoms with Crippen LogP contribution in [0, 0.1) is 0 Å². The van der Waals surface area contributed by atoms with E-state index in [2.05, 4.69) is 29.5 Å². The van der Waals surface area contributed by atoms with Crippen LogP contribution in [-0.2, 0) is 9.53 Å². The molecule has 1 aliphatic heterocycles. The van der Waals surface area contributed by atoms with E-state index in [-0.39, 0.29) is 23.9 Å². The lowest BCUT2D eigenvalue weighted by molar-refractivity contribution is -0.119. The molecule has 2 N–H and O–H groups in total. The van der Waals surface area contributed by atoms with Gasteiger partial charge in [0.15, 0.2) is 0 Å². The number of halogens is 1. The van der Waals surface area contributed by atoms with Gasteiger partial charge in [-0.05, 0) is 18.1 Å². The second-order valence-electron chi connectivity index (χ2n) is 8.62. The summed E-state index contributed by atoms with van der Waals surface area (Å²) in [6.07, 6.45) is 3.60. The van der Waals surface area contributed by atoms with Crippen LogP contribution in [0.25, 0.3) is 22.0 Å². The Hall–Kier alpha value is -3.10. The van der Waals surface area contributed by atoms with Crippen LogP contribution in [0.4, 0.5) is 5.82 Å². The number of amides is 1. The Kier molecular flexibility index (Phi) is 7.09. The van der Waals surface area contributed by atoms with Gasteiger partial charge < -0.3 is 24.8 Å². The maximum Gasteiger partial charge on any atom is 0.217 e. The molecular weight excluding hydrogens is 456 g/mol. The maximum absolute atomic E-state index is 11.4. The number of hydrogen-bond acceptors (Lipinski definition) is 7. The summed E-state index contributed by atoms with van der Waals surface area (Å²) in [7, 11) is 3.22. The first kappa shape index (κ1) is 24.0. The Bertz CT molecular complexity index is 1220. The summed E-state index contributed by atoms with van der Waals surface area (Å²) in [5.41, 5.74) is 2.48. The van der Waals surface area contributed by atoms with Crippen LogP contribution in [0.1, 0.15) is 32.3 Å². The number of carbonyl (C=O) groups excluding carboxylic acids is 1. The van der Waals surface area contributed by atoms with E-state index < -0.39 is 0 Å². The van der Waals surface area contributed by atoms with Gasteiger partial charge in [0, 0.05) is 47.3 Å². The molecule has 4 rings (SSSR count). The summed E-state index contributed by atoms with van der Waals surface area (Å²) < 4.78 is 16.7. The molecule has 3 aromatic rings. The van der Waals surface area contributed by atoms with Crippen LogP contribution in [0.15, 0.2) is 30.6 Å². The molecule has 0 aliphatic carbocycles. The highest BCUT2D eigenvalue weighted by Gasteiger charge is 2.29. The Morgan fingerprint density at radius 3 is 2.41 bits per heavy atom. The molecule has 1 aliphatic rings. The molecule has 9 heteroatoms. The smallest absolute Gasteiger partial charge is 0.217 e. The van der Waals surface area contributed by atoms with Crippen LogP contribution >= 0.6 is 11.6 Å². The molecule has 0 spiro atoms. The zero-order valence-corrected chi connectivity index (χ0v) is 20.7. The van der Waals surface area contributed by atoms with Crippen molar-refractivity contribution in [2.24, 2.45) is 0 Å². The number of methoxy groups -OCH3 is 2. The number of rotatable bonds is 7. The van der Waals surface area contributed by atoms with Crippen molar-refractivity contribution in [3.8, 4) is 22.8 Å². The standard InChI is InChI=1S/C25H29ClN4O4/c1-13(2)23-20(32-4)8-21(33-5)25(26)24(23)17-6-15-10-28-22(7-16(15)9-27-17)30-19-12-34-11-18(19)29-14(3)31/h6-10,13,18-19H,11-12H2,1-5H3,(H,28,30)(H,29,31)/t18-,19+/m0/s1. The molecule has 0 unspecified atom stereocenters. The van der Waals surface area contributed by atoms with Crippen molar-refractivity contribution in [2.45, 2.75) is 38.8 Å². The first-order chi connectivity index (χ1) is 16.3. The van der Waals surface area contributed by atoms with Gasteiger partial charge in [-0.3, -0.25) is 9.78 Å². The van der Waals surface area contributed by atoms with Crippen LogP contribution in [0.5, 0.6) is 11.5 Å². The number of pyridine rings is 2. The van der Waals surface area contributed by atoms with Gasteiger partial charge in [-0.2, -0.15) is 0 Å². The Labute approximate surface area is 204 Å². The highest BCUT2D eigenvalue weighted by molar-refractivity contribution is 6.35. The third-order valence-corrected chi connectivity index (χ3v) is 6.29. The van der Waals surface area contributed by atoms with Gasteiger partial charge in [0.1, 0.15) is 17.3 Å². The highest BCUT2D eigenvalue weighted by atomic mass is 35.5. The maximum atomic E-state index is 11.4. The first-order valence-electron chi connectivity index (χ1n) is 11.1. The molecule has 8 nitrogen and oxygen atoms in total. The number of benzene rings is 1. The minimum absolute atomic E-state index is 0.0577. The molecule has 1 fully saturated rings. The van der Waals surface area contributed by atoms with E-state index in [1.165, 1.54) is 6.92 Å². The Balaban J connectivity index is 1.70. The van der Waals surface area contributed by atoms with Gasteiger partial charge in [0.25, 0.3) is 0 Å². The van der Waals surface area contributed by atoms with Crippen molar-refractivity contribution in [3.05, 3.63) is 41.2 Å². The van der Waals surface area contributed by atoms with Crippen LogP contribution in [0.3, 0.4) is 0 Å². The molecule has 1 saturated heterocycles. The Morgan fingerprint density at radius 1 is 1.06 bits per heavy atom. The minimum atomic E-state index is -0.102. The van der Waals surface area contributed by atoms with Crippen molar-refractivity contribution in [1.82, 2.24) is 15.3 Å². The molecule has 180 valence electrons. The third-order valence-electron chi connectivity index (χ3n) is 5.91. The molecule has 1 aromatic carbocycles. The van der Waals surface area contributed by atoms with E-state index in [4.69, 9.17) is 30.8 Å². The first-order valence-corrected chi connectivity index (χ1v) is 11.5. The van der Waals surface area contributed by atoms with Gasteiger partial charge in [0.05, 0.1) is 50.2 Å². The number of carbonyl (C=O) groups is 1. The number of nitrogens with one attached hydrogen (secondary N) is 2. The SMILES string of the molecule is COc1cc(OC)c(C(C)C)c(-c2cc3cnc(N[C@@H]4COC[C@@H]4NC(C)=O)cc3cn2)c1Cl. The van der Waals surface area contributed by atoms with Crippen LogP contribution < -0.4 is 20.1 Å². The number of aromatic nitrogens is 2. The summed E-state index contributed by atoms with van der Waals surface area (Å²) in [4.78, 5) is 20.8. The van der Waals surface area contributed by atoms with Crippen LogP contribution in [-0.4, -0.2) is 55.4 Å². The van der Waals surface area contributed by atoms with Crippen molar-refractivity contribution >= 4 is 34.1 Å². The number of ether oxygens (including phenoxy) is 3. The third kappa shape index (κ3) is 4.74. The van der Waals surface area contributed by atoms with Crippen molar-refractivity contribution in [3.63, 3.8) is 0 Å². The van der Waals surface area contributed by atoms with Gasteiger partial charge in [0.2, 0.25) is 5.91 Å². The lowest BCUT2D eigenvalue weighted by atomic mass is 9.93. The van der Waals surface area contributed by atoms with E-state index in [0.717, 1.165) is 27.6 Å². The highest BCUT2D eigenvalue weighted by Crippen LogP contribution is 2.45. The van der Waals surface area contributed by atoms with Gasteiger partial charge >= 0.3 is 0 Å². The number of hydrogen-bond donors (Lipinski definition) is 2. The van der Waals surface area contributed by atoms with E-state index in [0.29, 0.717) is 35.6 Å². The van der Waals surface area contributed by atoms with Crippen molar-refractivity contribution in [1.29, 1.82) is 0 Å². The molecule has 0 bridgehead atoms. The average molecular weight is 485 g/mol. The fraction of sp³-hybridized carbons (Fsp3) is 0.400. The van der Waals surface area contributed by atoms with Crippen LogP contribution in [0.2, 0.25) is 5.02 Å². The second kappa shape index (κ2) is 10.0. The molecule has 0 radical (unpaired) electrons. The fourth-order valence-electron chi connectivity index (χ4n) is 4.31. The molecule has 0 saturated carbocycles. The van der Waals surface area contributed by atoms with Gasteiger partial charge in [-0.1, -0.05) is 25.4 Å². The largest absolute Gasteiger partial charge is 0.496 e. The van der Waals surface area contributed by atoms with Crippen molar-refractivity contribution < 1.29 is 19.0 Å². The number of nitrogens with zero attached hydrogens (tertiary/aromatic N) is 2. The monoisotopic (exact) mass is 484 g/mol. The molecule has 2 aromatic heterocycles. The van der Waals surface area contributed by atoms with E-state index in [9.17, 15) is 4.79 Å². The van der Waals surface area contributed by atoms with E-state index in [1.807, 2.05) is 18.2 Å². The summed E-state index contributed by atoms with van der Waals surface area (Å²) in [5, 5.41) is 8.62. The fourth-order valence-corrected chi connectivity index (χ4v) is 4.64. The molecular formula is C25H29ClN4O4. The predicted molar refractivity (Wildman–Crippen MR) is 133 cm³/mol.